The number of nitrogens with zero attached hydrogens (tertiary/aromatic N) is 1. The van der Waals surface area contributed by atoms with Crippen molar-refractivity contribution in [2.45, 2.75) is 19.3 Å². The average Bonchev–Trinajstić information content (AvgIpc) is 2.33. The number of morpholine rings is 1. The predicted molar refractivity (Wildman–Crippen MR) is 58.5 cm³/mol. The van der Waals surface area contributed by atoms with Crippen LogP contribution in [0.1, 0.15) is 18.5 Å². The Morgan fingerprint density at radius 1 is 1.44 bits per heavy atom. The molecule has 0 aliphatic carbocycles. The lowest BCUT2D eigenvalue weighted by Gasteiger charge is -2.34. The van der Waals surface area contributed by atoms with Gasteiger partial charge < -0.3 is 14.7 Å². The van der Waals surface area contributed by atoms with Crippen LogP contribution in [-0.2, 0) is 9.53 Å². The van der Waals surface area contributed by atoms with Gasteiger partial charge in [-0.15, -0.1) is 0 Å². The molecule has 2 atom stereocenters. The highest BCUT2D eigenvalue weighted by atomic mass is 16.6. The second kappa shape index (κ2) is 4.63. The highest BCUT2D eigenvalue weighted by Crippen LogP contribution is 2.22. The molecule has 4 nitrogen and oxygen atoms in total. The van der Waals surface area contributed by atoms with E-state index in [9.17, 15) is 9.90 Å². The lowest BCUT2D eigenvalue weighted by molar-refractivity contribution is -0.186. The van der Waals surface area contributed by atoms with E-state index in [-0.39, 0.29) is 11.9 Å². The van der Waals surface area contributed by atoms with Crippen molar-refractivity contribution in [3.63, 3.8) is 0 Å². The van der Waals surface area contributed by atoms with E-state index in [1.165, 1.54) is 0 Å². The molecular weight excluding hydrogens is 206 g/mol. The zero-order valence-electron chi connectivity index (χ0n) is 9.17. The zero-order valence-corrected chi connectivity index (χ0v) is 9.17. The third kappa shape index (κ3) is 2.08. The van der Waals surface area contributed by atoms with Gasteiger partial charge in [0.25, 0.3) is 5.91 Å². The first-order chi connectivity index (χ1) is 7.70. The Bertz CT molecular complexity index is 366. The monoisotopic (exact) mass is 221 g/mol. The van der Waals surface area contributed by atoms with E-state index in [1.807, 2.05) is 37.3 Å². The molecule has 86 valence electrons. The minimum atomic E-state index is -1.31. The minimum absolute atomic E-state index is 0.0350. The van der Waals surface area contributed by atoms with E-state index in [2.05, 4.69) is 0 Å². The molecule has 1 fully saturated rings. The van der Waals surface area contributed by atoms with Crippen LogP contribution >= 0.6 is 0 Å². The van der Waals surface area contributed by atoms with E-state index in [1.54, 1.807) is 4.90 Å². The first-order valence-electron chi connectivity index (χ1n) is 5.35. The van der Waals surface area contributed by atoms with Crippen LogP contribution in [0.2, 0.25) is 0 Å². The van der Waals surface area contributed by atoms with Crippen LogP contribution < -0.4 is 0 Å². The summed E-state index contributed by atoms with van der Waals surface area (Å²) in [5.41, 5.74) is 1.06. The summed E-state index contributed by atoms with van der Waals surface area (Å²) in [6.45, 7) is 2.85. The summed E-state index contributed by atoms with van der Waals surface area (Å²) in [6.07, 6.45) is -1.31. The molecule has 1 amide bonds. The van der Waals surface area contributed by atoms with Gasteiger partial charge >= 0.3 is 0 Å². The van der Waals surface area contributed by atoms with E-state index in [0.717, 1.165) is 5.56 Å². The number of carbonyl (C=O) groups is 1. The SMILES string of the molecule is CC(c1ccccc1)N1CCO[C@@H](O)C1=O. The fourth-order valence-corrected chi connectivity index (χ4v) is 1.88. The van der Waals surface area contributed by atoms with Crippen LogP contribution in [0, 0.1) is 0 Å². The molecule has 16 heavy (non-hydrogen) atoms. The molecule has 0 spiro atoms. The molecule has 1 N–H and O–H groups in total. The van der Waals surface area contributed by atoms with Crippen molar-refractivity contribution in [2.24, 2.45) is 0 Å². The van der Waals surface area contributed by atoms with Gasteiger partial charge in [0.2, 0.25) is 6.29 Å². The van der Waals surface area contributed by atoms with Crippen molar-refractivity contribution >= 4 is 5.91 Å². The van der Waals surface area contributed by atoms with Crippen molar-refractivity contribution in [3.8, 4) is 0 Å². The molecule has 1 unspecified atom stereocenters. The molecular formula is C12H15NO3. The van der Waals surface area contributed by atoms with Gasteiger partial charge in [-0.3, -0.25) is 4.79 Å². The molecule has 0 aromatic heterocycles. The topological polar surface area (TPSA) is 49.8 Å². The van der Waals surface area contributed by atoms with Crippen molar-refractivity contribution in [2.75, 3.05) is 13.2 Å². The van der Waals surface area contributed by atoms with Gasteiger partial charge in [0, 0.05) is 6.54 Å². The van der Waals surface area contributed by atoms with Crippen molar-refractivity contribution in [1.29, 1.82) is 0 Å². The van der Waals surface area contributed by atoms with Gasteiger partial charge in [0.15, 0.2) is 0 Å². The van der Waals surface area contributed by atoms with Gasteiger partial charge in [-0.25, -0.2) is 0 Å². The number of rotatable bonds is 2. The molecule has 4 heteroatoms. The summed E-state index contributed by atoms with van der Waals surface area (Å²) in [5.74, 6) is -0.359. The summed E-state index contributed by atoms with van der Waals surface area (Å²) in [7, 11) is 0. The van der Waals surface area contributed by atoms with Crippen molar-refractivity contribution < 1.29 is 14.6 Å². The summed E-state index contributed by atoms with van der Waals surface area (Å²) in [6, 6.07) is 9.72. The Kier molecular flexibility index (Phi) is 3.22. The van der Waals surface area contributed by atoms with E-state index < -0.39 is 6.29 Å². The van der Waals surface area contributed by atoms with E-state index in [4.69, 9.17) is 4.74 Å². The van der Waals surface area contributed by atoms with Gasteiger partial charge in [-0.2, -0.15) is 0 Å². The number of amides is 1. The number of aliphatic hydroxyl groups excluding tert-OH is 1. The van der Waals surface area contributed by atoms with Crippen molar-refractivity contribution in [3.05, 3.63) is 35.9 Å². The Labute approximate surface area is 94.4 Å². The number of hydrogen-bond acceptors (Lipinski definition) is 3. The highest BCUT2D eigenvalue weighted by Gasteiger charge is 2.31. The minimum Gasteiger partial charge on any atom is -0.361 e. The quantitative estimate of drug-likeness (QED) is 0.808. The van der Waals surface area contributed by atoms with Gasteiger partial charge in [0.1, 0.15) is 0 Å². The van der Waals surface area contributed by atoms with Crippen LogP contribution in [0.3, 0.4) is 0 Å². The van der Waals surface area contributed by atoms with Gasteiger partial charge in [-0.05, 0) is 12.5 Å². The number of hydrogen-bond donors (Lipinski definition) is 1. The fraction of sp³-hybridized carbons (Fsp3) is 0.417. The molecule has 0 bridgehead atoms. The van der Waals surface area contributed by atoms with Crippen molar-refractivity contribution in [1.82, 2.24) is 4.90 Å². The Morgan fingerprint density at radius 3 is 2.81 bits per heavy atom. The fourth-order valence-electron chi connectivity index (χ4n) is 1.88. The molecule has 1 aliphatic rings. The lowest BCUT2D eigenvalue weighted by Crippen LogP contribution is -2.48. The second-order valence-electron chi connectivity index (χ2n) is 3.84. The maximum absolute atomic E-state index is 11.7. The summed E-state index contributed by atoms with van der Waals surface area (Å²) < 4.78 is 4.87. The van der Waals surface area contributed by atoms with E-state index in [0.29, 0.717) is 13.2 Å². The third-order valence-corrected chi connectivity index (χ3v) is 2.85. The summed E-state index contributed by atoms with van der Waals surface area (Å²) in [5, 5.41) is 9.33. The zero-order chi connectivity index (χ0) is 11.5. The Morgan fingerprint density at radius 2 is 2.12 bits per heavy atom. The lowest BCUT2D eigenvalue weighted by atomic mass is 10.1. The molecule has 2 rings (SSSR count). The molecule has 0 saturated carbocycles. The number of benzene rings is 1. The average molecular weight is 221 g/mol. The van der Waals surface area contributed by atoms with Crippen LogP contribution in [0.5, 0.6) is 0 Å². The maximum atomic E-state index is 11.7. The van der Waals surface area contributed by atoms with Gasteiger partial charge in [-0.1, -0.05) is 30.3 Å². The normalized spacial score (nSPS) is 23.2. The molecule has 1 aliphatic heterocycles. The first kappa shape index (κ1) is 11.1. The molecule has 0 radical (unpaired) electrons. The molecule has 1 saturated heterocycles. The Hall–Kier alpha value is -1.39. The Balaban J connectivity index is 2.15. The summed E-state index contributed by atoms with van der Waals surface area (Å²) >= 11 is 0. The maximum Gasteiger partial charge on any atom is 0.279 e. The van der Waals surface area contributed by atoms with Crippen LogP contribution in [-0.4, -0.2) is 35.4 Å². The van der Waals surface area contributed by atoms with Gasteiger partial charge in [0.05, 0.1) is 12.6 Å². The molecule has 1 aromatic carbocycles. The largest absolute Gasteiger partial charge is 0.361 e. The number of ether oxygens (including phenoxy) is 1. The van der Waals surface area contributed by atoms with Crippen LogP contribution in [0.25, 0.3) is 0 Å². The standard InChI is InChI=1S/C12H15NO3/c1-9(10-5-3-2-4-6-10)13-7-8-16-12(15)11(13)14/h2-6,9,12,15H,7-8H2,1H3/t9?,12-/m1/s1. The smallest absolute Gasteiger partial charge is 0.279 e. The number of aliphatic hydroxyl groups is 1. The van der Waals surface area contributed by atoms with E-state index >= 15 is 0 Å². The molecule has 1 heterocycles. The number of carbonyl (C=O) groups excluding carboxylic acids is 1. The third-order valence-electron chi connectivity index (χ3n) is 2.85. The first-order valence-corrected chi connectivity index (χ1v) is 5.35. The highest BCUT2D eigenvalue weighted by molar-refractivity contribution is 5.80. The van der Waals surface area contributed by atoms with Crippen LogP contribution in [0.4, 0.5) is 0 Å². The second-order valence-corrected chi connectivity index (χ2v) is 3.84. The summed E-state index contributed by atoms with van der Waals surface area (Å²) in [4.78, 5) is 13.3. The molecule has 1 aromatic rings. The van der Waals surface area contributed by atoms with Crippen LogP contribution in [0.15, 0.2) is 30.3 Å². The predicted octanol–water partition coefficient (Wildman–Crippen LogP) is 0.925.